The summed E-state index contributed by atoms with van der Waals surface area (Å²) in [4.78, 5) is 25.5. The summed E-state index contributed by atoms with van der Waals surface area (Å²) < 4.78 is 0. The van der Waals surface area contributed by atoms with E-state index < -0.39 is 0 Å². The number of fused-ring (bicyclic) bond motifs is 2. The molecule has 1 aliphatic heterocycles. The predicted octanol–water partition coefficient (Wildman–Crippen LogP) is 0.876. The van der Waals surface area contributed by atoms with Crippen LogP contribution in [-0.2, 0) is 9.59 Å². The summed E-state index contributed by atoms with van der Waals surface area (Å²) in [6.45, 7) is 4.72. The molecule has 0 aromatic rings. The van der Waals surface area contributed by atoms with Crippen molar-refractivity contribution in [3.8, 4) is 0 Å². The molecule has 3 heteroatoms. The summed E-state index contributed by atoms with van der Waals surface area (Å²) in [7, 11) is 0. The van der Waals surface area contributed by atoms with Crippen molar-refractivity contribution in [3.05, 3.63) is 0 Å². The zero-order valence-electron chi connectivity index (χ0n) is 8.66. The molecule has 2 fully saturated rings. The zero-order chi connectivity index (χ0) is 10.1. The smallest absolute Gasteiger partial charge is 0.148 e. The minimum Gasteiger partial charge on any atom is -0.301 e. The number of likely N-dealkylation sites (tertiary alicyclic amines) is 1. The van der Waals surface area contributed by atoms with E-state index in [9.17, 15) is 9.59 Å². The first-order valence-corrected chi connectivity index (χ1v) is 5.51. The number of hydrogen-bond acceptors (Lipinski definition) is 3. The monoisotopic (exact) mass is 195 g/mol. The minimum atomic E-state index is -0.283. The van der Waals surface area contributed by atoms with Crippen molar-refractivity contribution in [1.82, 2.24) is 4.90 Å². The number of ketones is 2. The molecular formula is C11H17NO2. The average molecular weight is 195 g/mol. The van der Waals surface area contributed by atoms with E-state index in [1.54, 1.807) is 0 Å². The maximum absolute atomic E-state index is 11.7. The Bertz CT molecular complexity index is 262. The van der Waals surface area contributed by atoms with Gasteiger partial charge in [-0.15, -0.1) is 0 Å². The molecule has 2 aliphatic rings. The van der Waals surface area contributed by atoms with Crippen molar-refractivity contribution in [3.63, 3.8) is 0 Å². The Morgan fingerprint density at radius 2 is 2.14 bits per heavy atom. The van der Waals surface area contributed by atoms with Gasteiger partial charge in [-0.1, -0.05) is 6.92 Å². The molecule has 0 aromatic heterocycles. The fourth-order valence-corrected chi connectivity index (χ4v) is 2.59. The lowest BCUT2D eigenvalue weighted by molar-refractivity contribution is -0.143. The number of carbonyl (C=O) groups is 2. The van der Waals surface area contributed by atoms with Gasteiger partial charge in [0.15, 0.2) is 0 Å². The number of Topliss-reactive ketones (excluding diaryl/α,β-unsaturated/α-hetero) is 2. The van der Waals surface area contributed by atoms with E-state index in [1.807, 2.05) is 0 Å². The molecule has 2 bridgehead atoms. The van der Waals surface area contributed by atoms with Gasteiger partial charge in [-0.3, -0.25) is 9.59 Å². The SMILES string of the molecule is CCCN1CC2CCC(=O)C(C1)C2=O. The highest BCUT2D eigenvalue weighted by Gasteiger charge is 2.42. The normalized spacial score (nSPS) is 33.5. The van der Waals surface area contributed by atoms with Crippen molar-refractivity contribution in [1.29, 1.82) is 0 Å². The average Bonchev–Trinajstić information content (AvgIpc) is 2.15. The molecule has 2 rings (SSSR count). The van der Waals surface area contributed by atoms with Crippen molar-refractivity contribution in [2.75, 3.05) is 19.6 Å². The van der Waals surface area contributed by atoms with Crippen LogP contribution in [0.1, 0.15) is 26.2 Å². The highest BCUT2D eigenvalue weighted by Crippen LogP contribution is 2.29. The molecule has 0 radical (unpaired) electrons. The van der Waals surface area contributed by atoms with Gasteiger partial charge in [0.05, 0.1) is 5.92 Å². The Hall–Kier alpha value is -0.700. The summed E-state index contributed by atoms with van der Waals surface area (Å²) in [5.41, 5.74) is 0. The molecule has 0 aromatic carbocycles. The second-order valence-electron chi connectivity index (χ2n) is 4.42. The molecule has 3 nitrogen and oxygen atoms in total. The van der Waals surface area contributed by atoms with Crippen LogP contribution < -0.4 is 0 Å². The molecular weight excluding hydrogens is 178 g/mol. The molecule has 78 valence electrons. The molecule has 1 saturated heterocycles. The summed E-state index contributed by atoms with van der Waals surface area (Å²) in [6, 6.07) is 0. The summed E-state index contributed by atoms with van der Waals surface area (Å²) in [5.74, 6) is 0.257. The molecule has 1 aliphatic carbocycles. The first-order chi connectivity index (χ1) is 6.72. The lowest BCUT2D eigenvalue weighted by Gasteiger charge is -2.39. The maximum atomic E-state index is 11.7. The Morgan fingerprint density at radius 3 is 2.86 bits per heavy atom. The van der Waals surface area contributed by atoms with E-state index in [0.29, 0.717) is 13.0 Å². The van der Waals surface area contributed by atoms with Gasteiger partial charge in [0.25, 0.3) is 0 Å². The van der Waals surface area contributed by atoms with E-state index in [4.69, 9.17) is 0 Å². The van der Waals surface area contributed by atoms with Crippen LogP contribution in [0.15, 0.2) is 0 Å². The Kier molecular flexibility index (Phi) is 2.68. The quantitative estimate of drug-likeness (QED) is 0.614. The van der Waals surface area contributed by atoms with Crippen molar-refractivity contribution in [2.45, 2.75) is 26.2 Å². The van der Waals surface area contributed by atoms with Crippen LogP contribution in [0.4, 0.5) is 0 Å². The predicted molar refractivity (Wildman–Crippen MR) is 53.0 cm³/mol. The topological polar surface area (TPSA) is 37.4 Å². The lowest BCUT2D eigenvalue weighted by Crippen LogP contribution is -2.52. The Morgan fingerprint density at radius 1 is 1.36 bits per heavy atom. The molecule has 0 amide bonds. The van der Waals surface area contributed by atoms with Crippen LogP contribution in [0.2, 0.25) is 0 Å². The maximum Gasteiger partial charge on any atom is 0.148 e. The van der Waals surface area contributed by atoms with Crippen LogP contribution >= 0.6 is 0 Å². The van der Waals surface area contributed by atoms with Crippen LogP contribution in [0, 0.1) is 11.8 Å². The minimum absolute atomic E-state index is 0.151. The van der Waals surface area contributed by atoms with E-state index in [0.717, 1.165) is 25.9 Å². The number of rotatable bonds is 2. The van der Waals surface area contributed by atoms with Crippen molar-refractivity contribution in [2.24, 2.45) is 11.8 Å². The molecule has 2 atom stereocenters. The number of nitrogens with zero attached hydrogens (tertiary/aromatic N) is 1. The van der Waals surface area contributed by atoms with Crippen molar-refractivity contribution < 1.29 is 9.59 Å². The molecule has 0 spiro atoms. The van der Waals surface area contributed by atoms with Gasteiger partial charge in [-0.2, -0.15) is 0 Å². The third-order valence-corrected chi connectivity index (χ3v) is 3.33. The second kappa shape index (κ2) is 3.81. The Balaban J connectivity index is 2.08. The van der Waals surface area contributed by atoms with E-state index in [-0.39, 0.29) is 23.4 Å². The van der Waals surface area contributed by atoms with Gasteiger partial charge in [-0.05, 0) is 19.4 Å². The number of carbonyl (C=O) groups excluding carboxylic acids is 2. The molecule has 1 heterocycles. The van der Waals surface area contributed by atoms with Crippen LogP contribution in [0.3, 0.4) is 0 Å². The second-order valence-corrected chi connectivity index (χ2v) is 4.42. The van der Waals surface area contributed by atoms with Crippen LogP contribution in [0.5, 0.6) is 0 Å². The van der Waals surface area contributed by atoms with Gasteiger partial charge in [0.2, 0.25) is 0 Å². The molecule has 1 saturated carbocycles. The van der Waals surface area contributed by atoms with Gasteiger partial charge >= 0.3 is 0 Å². The van der Waals surface area contributed by atoms with E-state index in [2.05, 4.69) is 11.8 Å². The summed E-state index contributed by atoms with van der Waals surface area (Å²) in [5, 5.41) is 0. The van der Waals surface area contributed by atoms with Crippen LogP contribution in [0.25, 0.3) is 0 Å². The van der Waals surface area contributed by atoms with Gasteiger partial charge in [-0.25, -0.2) is 0 Å². The molecule has 2 unspecified atom stereocenters. The lowest BCUT2D eigenvalue weighted by atomic mass is 9.76. The van der Waals surface area contributed by atoms with Crippen LogP contribution in [-0.4, -0.2) is 36.1 Å². The molecule has 14 heavy (non-hydrogen) atoms. The van der Waals surface area contributed by atoms with E-state index in [1.165, 1.54) is 0 Å². The van der Waals surface area contributed by atoms with Gasteiger partial charge in [0.1, 0.15) is 11.6 Å². The first kappa shape index (κ1) is 9.84. The van der Waals surface area contributed by atoms with Gasteiger partial charge < -0.3 is 4.90 Å². The largest absolute Gasteiger partial charge is 0.301 e. The zero-order valence-corrected chi connectivity index (χ0v) is 8.66. The van der Waals surface area contributed by atoms with E-state index >= 15 is 0 Å². The highest BCUT2D eigenvalue weighted by molar-refractivity contribution is 6.06. The third-order valence-electron chi connectivity index (χ3n) is 3.33. The fraction of sp³-hybridized carbons (Fsp3) is 0.818. The first-order valence-electron chi connectivity index (χ1n) is 5.51. The standard InChI is InChI=1S/C11H17NO2/c1-2-5-12-6-8-3-4-10(13)9(7-12)11(8)14/h8-9H,2-7H2,1H3. The summed E-state index contributed by atoms with van der Waals surface area (Å²) in [6.07, 6.45) is 2.51. The number of hydrogen-bond donors (Lipinski definition) is 0. The summed E-state index contributed by atoms with van der Waals surface area (Å²) >= 11 is 0. The highest BCUT2D eigenvalue weighted by atomic mass is 16.2. The third kappa shape index (κ3) is 1.61. The Labute approximate surface area is 84.5 Å². The van der Waals surface area contributed by atoms with Gasteiger partial charge in [0, 0.05) is 25.4 Å². The fourth-order valence-electron chi connectivity index (χ4n) is 2.59. The number of piperidine rings is 1. The van der Waals surface area contributed by atoms with Crippen molar-refractivity contribution >= 4 is 11.6 Å². The molecule has 0 N–H and O–H groups in total.